The fraction of sp³-hybridized carbons (Fsp3) is 0.556. The van der Waals surface area contributed by atoms with E-state index >= 15 is 0 Å². The van der Waals surface area contributed by atoms with Gasteiger partial charge < -0.3 is 15.2 Å². The number of hydrogen-bond acceptors (Lipinski definition) is 3. The summed E-state index contributed by atoms with van der Waals surface area (Å²) in [6.45, 7) is 0.467. The van der Waals surface area contributed by atoms with E-state index in [-0.39, 0.29) is 17.1 Å². The number of hydrogen-bond donors (Lipinski definition) is 2. The van der Waals surface area contributed by atoms with E-state index in [0.717, 1.165) is 31.2 Å². The van der Waals surface area contributed by atoms with Crippen LogP contribution in [0.4, 0.5) is 4.39 Å². The molecule has 2 N–H and O–H groups in total. The molecule has 0 aromatic heterocycles. The number of carboxylic acids is 1. The van der Waals surface area contributed by atoms with Crippen LogP contribution in [-0.2, 0) is 19.7 Å². The summed E-state index contributed by atoms with van der Waals surface area (Å²) in [5.41, 5.74) is 0.867. The van der Waals surface area contributed by atoms with Gasteiger partial charge in [0.25, 0.3) is 0 Å². The maximum absolute atomic E-state index is 13.2. The molecule has 5 nitrogen and oxygen atoms in total. The summed E-state index contributed by atoms with van der Waals surface area (Å²) in [5, 5.41) is 11.9. The van der Waals surface area contributed by atoms with Gasteiger partial charge >= 0.3 is 5.97 Å². The van der Waals surface area contributed by atoms with Crippen LogP contribution >= 0.6 is 0 Å². The smallest absolute Gasteiger partial charge is 0.332 e. The minimum atomic E-state index is -1.02. The third kappa shape index (κ3) is 3.43. The number of benzene rings is 1. The third-order valence-corrected chi connectivity index (χ3v) is 5.21. The van der Waals surface area contributed by atoms with Gasteiger partial charge in [-0.3, -0.25) is 4.79 Å². The zero-order chi connectivity index (χ0) is 17.2. The number of nitrogens with one attached hydrogen (secondary N) is 1. The van der Waals surface area contributed by atoms with Gasteiger partial charge in [0.1, 0.15) is 11.9 Å². The predicted molar refractivity (Wildman–Crippen MR) is 85.1 cm³/mol. The van der Waals surface area contributed by atoms with Crippen LogP contribution in [-0.4, -0.2) is 35.7 Å². The first kappa shape index (κ1) is 16.9. The molecule has 1 heterocycles. The van der Waals surface area contributed by atoms with Crippen molar-refractivity contribution in [3.63, 3.8) is 0 Å². The predicted octanol–water partition coefficient (Wildman–Crippen LogP) is 2.39. The van der Waals surface area contributed by atoms with Crippen LogP contribution in [0.1, 0.15) is 44.1 Å². The highest BCUT2D eigenvalue weighted by Gasteiger charge is 2.38. The molecule has 1 aliphatic carbocycles. The lowest BCUT2D eigenvalue weighted by atomic mass is 9.78. The third-order valence-electron chi connectivity index (χ3n) is 5.21. The summed E-state index contributed by atoms with van der Waals surface area (Å²) in [6.07, 6.45) is 3.24. The van der Waals surface area contributed by atoms with E-state index in [1.165, 1.54) is 12.1 Å². The van der Waals surface area contributed by atoms with Crippen molar-refractivity contribution in [3.8, 4) is 0 Å². The van der Waals surface area contributed by atoms with Crippen molar-refractivity contribution < 1.29 is 23.8 Å². The van der Waals surface area contributed by atoms with E-state index in [0.29, 0.717) is 19.4 Å². The maximum atomic E-state index is 13.2. The molecule has 0 radical (unpaired) electrons. The van der Waals surface area contributed by atoms with Gasteiger partial charge in [-0.1, -0.05) is 25.0 Å². The monoisotopic (exact) mass is 335 g/mol. The van der Waals surface area contributed by atoms with Crippen LogP contribution in [0.15, 0.2) is 24.3 Å². The number of aliphatic carboxylic acids is 1. The zero-order valence-electron chi connectivity index (χ0n) is 13.5. The number of carbonyl (C=O) groups is 2. The maximum Gasteiger partial charge on any atom is 0.332 e. The number of amides is 1. The fourth-order valence-corrected chi connectivity index (χ4v) is 3.80. The molecule has 0 bridgehead atoms. The lowest BCUT2D eigenvalue weighted by Gasteiger charge is -2.30. The number of rotatable bonds is 5. The Morgan fingerprint density at radius 3 is 2.38 bits per heavy atom. The van der Waals surface area contributed by atoms with E-state index in [9.17, 15) is 14.0 Å². The first-order valence-corrected chi connectivity index (χ1v) is 8.42. The number of carboxylic acid groups (broad SMARTS) is 1. The van der Waals surface area contributed by atoms with Crippen LogP contribution < -0.4 is 5.32 Å². The molecule has 0 spiro atoms. The van der Waals surface area contributed by atoms with Crippen molar-refractivity contribution >= 4 is 11.9 Å². The van der Waals surface area contributed by atoms with E-state index in [1.807, 2.05) is 0 Å². The molecule has 2 atom stereocenters. The molecular weight excluding hydrogens is 313 g/mol. The molecule has 6 heteroatoms. The number of ether oxygens (including phenoxy) is 1. The second-order valence-electron chi connectivity index (χ2n) is 6.74. The second-order valence-corrected chi connectivity index (χ2v) is 6.74. The van der Waals surface area contributed by atoms with Gasteiger partial charge in [0.05, 0.1) is 0 Å². The minimum Gasteiger partial charge on any atom is -0.479 e. The van der Waals surface area contributed by atoms with Crippen LogP contribution in [0.5, 0.6) is 0 Å². The highest BCUT2D eigenvalue weighted by molar-refractivity contribution is 5.82. The highest BCUT2D eigenvalue weighted by Crippen LogP contribution is 2.40. The highest BCUT2D eigenvalue weighted by atomic mass is 19.1. The number of halogens is 1. The van der Waals surface area contributed by atoms with Gasteiger partial charge in [0, 0.05) is 12.0 Å². The van der Waals surface area contributed by atoms with Crippen LogP contribution in [0.3, 0.4) is 0 Å². The summed E-state index contributed by atoms with van der Waals surface area (Å²) in [4.78, 5) is 23.2. The molecule has 2 aliphatic rings. The summed E-state index contributed by atoms with van der Waals surface area (Å²) >= 11 is 0. The van der Waals surface area contributed by atoms with Gasteiger partial charge in [-0.05, 0) is 43.4 Å². The topological polar surface area (TPSA) is 75.6 Å². The molecule has 1 aromatic carbocycles. The van der Waals surface area contributed by atoms with Crippen molar-refractivity contribution in [2.24, 2.45) is 0 Å². The molecule has 1 saturated heterocycles. The zero-order valence-corrected chi connectivity index (χ0v) is 13.5. The standard InChI is InChI=1S/C18H22FNO4/c19-13-5-3-12(4-6-13)18(9-1-2-10-18)11-20-16(21)14-7-8-15(24-14)17(22)23/h3-6,14-15H,1-2,7-11H2,(H,20,21)(H,22,23)/t14-,15+/m0/s1. The van der Waals surface area contributed by atoms with Gasteiger partial charge in [-0.15, -0.1) is 0 Å². The van der Waals surface area contributed by atoms with Crippen LogP contribution in [0.25, 0.3) is 0 Å². The van der Waals surface area contributed by atoms with E-state index in [4.69, 9.17) is 9.84 Å². The summed E-state index contributed by atoms with van der Waals surface area (Å²) in [5.74, 6) is -1.55. The molecule has 1 aromatic rings. The molecule has 0 unspecified atom stereocenters. The second kappa shape index (κ2) is 6.89. The van der Waals surface area contributed by atoms with E-state index < -0.39 is 18.2 Å². The van der Waals surface area contributed by atoms with Gasteiger partial charge in [0.15, 0.2) is 6.10 Å². The van der Waals surface area contributed by atoms with Crippen molar-refractivity contribution in [1.29, 1.82) is 0 Å². The van der Waals surface area contributed by atoms with Crippen LogP contribution in [0, 0.1) is 5.82 Å². The van der Waals surface area contributed by atoms with Gasteiger partial charge in [-0.25, -0.2) is 9.18 Å². The fourth-order valence-electron chi connectivity index (χ4n) is 3.80. The molecular formula is C18H22FNO4. The normalized spacial score (nSPS) is 25.5. The molecule has 3 rings (SSSR count). The Balaban J connectivity index is 1.64. The Hall–Kier alpha value is -1.95. The van der Waals surface area contributed by atoms with E-state index in [2.05, 4.69) is 5.32 Å². The number of carbonyl (C=O) groups excluding carboxylic acids is 1. The molecule has 1 amide bonds. The summed E-state index contributed by atoms with van der Waals surface area (Å²) in [6, 6.07) is 6.49. The Morgan fingerprint density at radius 2 is 1.79 bits per heavy atom. The SMILES string of the molecule is O=C(NCC1(c2ccc(F)cc2)CCCC1)[C@@H]1CC[C@H](C(=O)O)O1. The quantitative estimate of drug-likeness (QED) is 0.866. The Morgan fingerprint density at radius 1 is 1.17 bits per heavy atom. The molecule has 130 valence electrons. The lowest BCUT2D eigenvalue weighted by molar-refractivity contribution is -0.151. The minimum absolute atomic E-state index is 0.172. The molecule has 2 fully saturated rings. The Kier molecular flexibility index (Phi) is 4.85. The summed E-state index contributed by atoms with van der Waals surface area (Å²) in [7, 11) is 0. The molecule has 24 heavy (non-hydrogen) atoms. The van der Waals surface area contributed by atoms with Crippen molar-refractivity contribution in [2.75, 3.05) is 6.54 Å². The largest absolute Gasteiger partial charge is 0.479 e. The Labute approximate surface area is 140 Å². The molecule has 1 aliphatic heterocycles. The summed E-state index contributed by atoms with van der Waals surface area (Å²) < 4.78 is 18.5. The first-order valence-electron chi connectivity index (χ1n) is 8.42. The lowest BCUT2D eigenvalue weighted by Crippen LogP contribution is -2.43. The molecule has 1 saturated carbocycles. The average Bonchev–Trinajstić information content (AvgIpc) is 3.23. The first-order chi connectivity index (χ1) is 11.5. The Bertz CT molecular complexity index is 610. The van der Waals surface area contributed by atoms with Crippen molar-refractivity contribution in [2.45, 2.75) is 56.1 Å². The van der Waals surface area contributed by atoms with Gasteiger partial charge in [0.2, 0.25) is 5.91 Å². The van der Waals surface area contributed by atoms with Gasteiger partial charge in [-0.2, -0.15) is 0 Å². The van der Waals surface area contributed by atoms with E-state index in [1.54, 1.807) is 12.1 Å². The average molecular weight is 335 g/mol. The van der Waals surface area contributed by atoms with Crippen LogP contribution in [0.2, 0.25) is 0 Å². The van der Waals surface area contributed by atoms with Crippen molar-refractivity contribution in [1.82, 2.24) is 5.32 Å². The van der Waals surface area contributed by atoms with Crippen molar-refractivity contribution in [3.05, 3.63) is 35.6 Å².